The van der Waals surface area contributed by atoms with Crippen molar-refractivity contribution in [2.45, 2.75) is 36.2 Å². The molecule has 4 heteroatoms. The van der Waals surface area contributed by atoms with Crippen LogP contribution in [0.3, 0.4) is 0 Å². The van der Waals surface area contributed by atoms with Crippen molar-refractivity contribution in [3.8, 4) is 0 Å². The van der Waals surface area contributed by atoms with Crippen LogP contribution in [0.1, 0.15) is 19.3 Å². The second kappa shape index (κ2) is 3.06. The van der Waals surface area contributed by atoms with Gasteiger partial charge in [-0.25, -0.2) is 8.42 Å². The zero-order valence-electron chi connectivity index (χ0n) is 8.33. The average Bonchev–Trinajstić information content (AvgIpc) is 2.77. The van der Waals surface area contributed by atoms with Crippen molar-refractivity contribution < 1.29 is 8.42 Å². The van der Waals surface area contributed by atoms with Crippen LogP contribution in [-0.4, -0.2) is 24.8 Å². The number of sulfonamides is 1. The lowest BCUT2D eigenvalue weighted by Crippen LogP contribution is -2.17. The number of hydrogen-bond donors (Lipinski definition) is 0. The van der Waals surface area contributed by atoms with E-state index in [-0.39, 0.29) is 0 Å². The van der Waals surface area contributed by atoms with Crippen LogP contribution >= 0.6 is 0 Å². The predicted octanol–water partition coefficient (Wildman–Crippen LogP) is 1.61. The van der Waals surface area contributed by atoms with Gasteiger partial charge in [-0.1, -0.05) is 24.6 Å². The summed E-state index contributed by atoms with van der Waals surface area (Å²) in [6.45, 7) is 0. The van der Waals surface area contributed by atoms with Gasteiger partial charge in [0.25, 0.3) is 0 Å². The highest BCUT2D eigenvalue weighted by Crippen LogP contribution is 2.46. The second-order valence-corrected chi connectivity index (χ2v) is 6.06. The van der Waals surface area contributed by atoms with Crippen molar-refractivity contribution in [1.29, 1.82) is 0 Å². The molecular weight excluding hydrogens is 210 g/mol. The molecule has 2 aliphatic rings. The molecule has 1 heterocycles. The van der Waals surface area contributed by atoms with Gasteiger partial charge in [0.1, 0.15) is 0 Å². The molecule has 1 saturated carbocycles. The fourth-order valence-corrected chi connectivity index (χ4v) is 4.45. The molecule has 3 nitrogen and oxygen atoms in total. The quantitative estimate of drug-likeness (QED) is 0.714. The van der Waals surface area contributed by atoms with Gasteiger partial charge in [0.05, 0.1) is 4.90 Å². The van der Waals surface area contributed by atoms with E-state index in [0.29, 0.717) is 17.0 Å². The smallest absolute Gasteiger partial charge is 0.207 e. The highest BCUT2D eigenvalue weighted by atomic mass is 32.2. The molecule has 0 radical (unpaired) electrons. The van der Waals surface area contributed by atoms with Crippen molar-refractivity contribution in [1.82, 2.24) is 4.31 Å². The molecule has 1 saturated heterocycles. The summed E-state index contributed by atoms with van der Waals surface area (Å²) in [6, 6.07) is 9.32. The normalized spacial score (nSPS) is 33.7. The van der Waals surface area contributed by atoms with Crippen LogP contribution in [0.2, 0.25) is 0 Å². The molecule has 0 N–H and O–H groups in total. The van der Waals surface area contributed by atoms with Crippen molar-refractivity contribution in [3.63, 3.8) is 0 Å². The highest BCUT2D eigenvalue weighted by molar-refractivity contribution is 7.89. The maximum Gasteiger partial charge on any atom is 0.243 e. The Bertz CT molecular complexity index is 459. The first-order valence-electron chi connectivity index (χ1n) is 5.30. The summed E-state index contributed by atoms with van der Waals surface area (Å²) >= 11 is 0. The largest absolute Gasteiger partial charge is 0.243 e. The average molecular weight is 223 g/mol. The molecule has 1 aromatic carbocycles. The molecule has 0 unspecified atom stereocenters. The van der Waals surface area contributed by atoms with Crippen molar-refractivity contribution in [2.75, 3.05) is 0 Å². The van der Waals surface area contributed by atoms with Crippen LogP contribution < -0.4 is 0 Å². The Kier molecular flexibility index (Phi) is 1.91. The van der Waals surface area contributed by atoms with Gasteiger partial charge in [-0.05, 0) is 25.0 Å². The Hall–Kier alpha value is -0.870. The second-order valence-electron chi connectivity index (χ2n) is 4.21. The molecule has 1 aromatic rings. The number of benzene rings is 1. The Labute approximate surface area is 89.8 Å². The number of hydrogen-bond acceptors (Lipinski definition) is 2. The van der Waals surface area contributed by atoms with Crippen LogP contribution in [0, 0.1) is 0 Å². The molecule has 1 aliphatic carbocycles. The van der Waals surface area contributed by atoms with Crippen LogP contribution in [0.25, 0.3) is 0 Å². The topological polar surface area (TPSA) is 37.1 Å². The van der Waals surface area contributed by atoms with E-state index in [0.717, 1.165) is 12.8 Å². The molecule has 0 aromatic heterocycles. The van der Waals surface area contributed by atoms with Gasteiger partial charge in [0, 0.05) is 12.1 Å². The maximum atomic E-state index is 12.1. The molecule has 3 rings (SSSR count). The first-order valence-corrected chi connectivity index (χ1v) is 6.74. The summed E-state index contributed by atoms with van der Waals surface area (Å²) in [6.07, 6.45) is 3.25. The van der Waals surface area contributed by atoms with E-state index in [1.54, 1.807) is 28.6 Å². The Morgan fingerprint density at radius 1 is 1.07 bits per heavy atom. The van der Waals surface area contributed by atoms with Gasteiger partial charge in [-0.2, -0.15) is 4.31 Å². The van der Waals surface area contributed by atoms with E-state index < -0.39 is 10.0 Å². The minimum Gasteiger partial charge on any atom is -0.207 e. The Morgan fingerprint density at radius 3 is 2.27 bits per heavy atom. The van der Waals surface area contributed by atoms with Crippen molar-refractivity contribution in [2.24, 2.45) is 0 Å². The zero-order chi connectivity index (χ0) is 10.5. The third kappa shape index (κ3) is 1.32. The van der Waals surface area contributed by atoms with Crippen LogP contribution in [0.15, 0.2) is 35.2 Å². The number of fused-ring (bicyclic) bond motifs is 1. The molecule has 80 valence electrons. The molecule has 0 amide bonds. The molecule has 2 fully saturated rings. The SMILES string of the molecule is O=S(=O)(c1ccccc1)N1[C@@H]2CCC[C@H]21. The van der Waals surface area contributed by atoms with E-state index in [2.05, 4.69) is 0 Å². The van der Waals surface area contributed by atoms with Gasteiger partial charge in [0.2, 0.25) is 10.0 Å². The third-order valence-electron chi connectivity index (χ3n) is 3.33. The molecule has 0 spiro atoms. The lowest BCUT2D eigenvalue weighted by Gasteiger charge is -2.08. The van der Waals surface area contributed by atoms with E-state index >= 15 is 0 Å². The highest BCUT2D eigenvalue weighted by Gasteiger charge is 2.57. The predicted molar refractivity (Wildman–Crippen MR) is 56.9 cm³/mol. The van der Waals surface area contributed by atoms with Gasteiger partial charge < -0.3 is 0 Å². The summed E-state index contributed by atoms with van der Waals surface area (Å²) < 4.78 is 25.9. The van der Waals surface area contributed by atoms with E-state index in [1.807, 2.05) is 6.07 Å². The van der Waals surface area contributed by atoms with Gasteiger partial charge in [0.15, 0.2) is 0 Å². The molecule has 1 aliphatic heterocycles. The molecule has 0 bridgehead atoms. The lowest BCUT2D eigenvalue weighted by atomic mass is 10.3. The fraction of sp³-hybridized carbons (Fsp3) is 0.455. The first-order chi connectivity index (χ1) is 7.21. The molecule has 2 atom stereocenters. The zero-order valence-corrected chi connectivity index (χ0v) is 9.15. The van der Waals surface area contributed by atoms with Crippen LogP contribution in [-0.2, 0) is 10.0 Å². The monoisotopic (exact) mass is 223 g/mol. The summed E-state index contributed by atoms with van der Waals surface area (Å²) in [4.78, 5) is 0.430. The minimum absolute atomic E-state index is 0.301. The van der Waals surface area contributed by atoms with Gasteiger partial charge in [-0.15, -0.1) is 0 Å². The van der Waals surface area contributed by atoms with E-state index in [4.69, 9.17) is 0 Å². The summed E-state index contributed by atoms with van der Waals surface area (Å²) in [5.41, 5.74) is 0. The lowest BCUT2D eigenvalue weighted by molar-refractivity contribution is 0.517. The fourth-order valence-electron chi connectivity index (χ4n) is 2.56. The molecule has 15 heavy (non-hydrogen) atoms. The van der Waals surface area contributed by atoms with E-state index in [9.17, 15) is 8.42 Å². The number of piperidine rings is 1. The minimum atomic E-state index is -3.19. The van der Waals surface area contributed by atoms with Crippen LogP contribution in [0.4, 0.5) is 0 Å². The van der Waals surface area contributed by atoms with Crippen molar-refractivity contribution in [3.05, 3.63) is 30.3 Å². The number of rotatable bonds is 2. The van der Waals surface area contributed by atoms with E-state index in [1.165, 1.54) is 6.42 Å². The first kappa shape index (κ1) is 9.36. The Balaban J connectivity index is 1.93. The number of nitrogens with zero attached hydrogens (tertiary/aromatic N) is 1. The third-order valence-corrected chi connectivity index (χ3v) is 5.29. The standard InChI is InChI=1S/C11H13NO2S/c13-15(14,9-5-2-1-3-6-9)12-10-7-4-8-11(10)12/h1-3,5-6,10-11H,4,7-8H2/t10-,11-/m1/s1. The Morgan fingerprint density at radius 2 is 1.67 bits per heavy atom. The maximum absolute atomic E-state index is 12.1. The van der Waals surface area contributed by atoms with Gasteiger partial charge >= 0.3 is 0 Å². The summed E-state index contributed by atoms with van der Waals surface area (Å²) in [5, 5.41) is 0. The summed E-state index contributed by atoms with van der Waals surface area (Å²) in [5.74, 6) is 0. The van der Waals surface area contributed by atoms with Gasteiger partial charge in [-0.3, -0.25) is 0 Å². The molecular formula is C11H13NO2S. The summed E-state index contributed by atoms with van der Waals surface area (Å²) in [7, 11) is -3.19. The van der Waals surface area contributed by atoms with Crippen molar-refractivity contribution >= 4 is 10.0 Å². The van der Waals surface area contributed by atoms with Crippen LogP contribution in [0.5, 0.6) is 0 Å².